The maximum Gasteiger partial charge on any atom is 0.339 e. The third-order valence-corrected chi connectivity index (χ3v) is 4.35. The molecule has 2 aromatic rings. The fourth-order valence-electron chi connectivity index (χ4n) is 2.97. The first-order valence-corrected chi connectivity index (χ1v) is 8.70. The van der Waals surface area contributed by atoms with Gasteiger partial charge in [-0.2, -0.15) is 0 Å². The second-order valence-electron chi connectivity index (χ2n) is 6.37. The standard InChI is InChI=1S/C20H23N3O5/c1-11-17(20(27)28-3)15(23-18(11)12(2)24)10-16(25)22-8-7-13-5-4-6-14(9-13)19(21)26/h4-6,9,23H,7-8,10H2,1-3H3,(H2,21,26)(H,22,25). The zero-order valence-electron chi connectivity index (χ0n) is 16.0. The van der Waals surface area contributed by atoms with Gasteiger partial charge >= 0.3 is 5.97 Å². The third-order valence-electron chi connectivity index (χ3n) is 4.35. The zero-order chi connectivity index (χ0) is 20.8. The minimum absolute atomic E-state index is 0.0973. The predicted octanol–water partition coefficient (Wildman–Crippen LogP) is 1.31. The molecule has 2 rings (SSSR count). The van der Waals surface area contributed by atoms with Gasteiger partial charge in [0.15, 0.2) is 5.78 Å². The normalized spacial score (nSPS) is 10.4. The van der Waals surface area contributed by atoms with E-state index in [1.165, 1.54) is 14.0 Å². The van der Waals surface area contributed by atoms with Gasteiger partial charge in [0.05, 0.1) is 24.8 Å². The van der Waals surface area contributed by atoms with E-state index in [1.807, 2.05) is 6.07 Å². The Labute approximate surface area is 162 Å². The number of hydrogen-bond donors (Lipinski definition) is 3. The van der Waals surface area contributed by atoms with Crippen LogP contribution in [0.3, 0.4) is 0 Å². The van der Waals surface area contributed by atoms with Crippen LogP contribution in [0.1, 0.15) is 54.9 Å². The van der Waals surface area contributed by atoms with Gasteiger partial charge in [0.1, 0.15) is 0 Å². The maximum atomic E-state index is 12.3. The number of esters is 1. The molecular weight excluding hydrogens is 362 g/mol. The molecule has 0 saturated heterocycles. The smallest absolute Gasteiger partial charge is 0.339 e. The van der Waals surface area contributed by atoms with E-state index in [1.54, 1.807) is 25.1 Å². The maximum absolute atomic E-state index is 12.3. The number of carbonyl (C=O) groups is 4. The van der Waals surface area contributed by atoms with E-state index in [9.17, 15) is 19.2 Å². The van der Waals surface area contributed by atoms with Crippen molar-refractivity contribution in [3.8, 4) is 0 Å². The first kappa shape index (κ1) is 20.9. The number of Topliss-reactive ketones (excluding diaryl/α,β-unsaturated/α-hetero) is 1. The molecule has 0 aliphatic carbocycles. The second kappa shape index (κ2) is 8.98. The van der Waals surface area contributed by atoms with Gasteiger partial charge in [0.25, 0.3) is 0 Å². The lowest BCUT2D eigenvalue weighted by Gasteiger charge is -2.07. The van der Waals surface area contributed by atoms with Gasteiger partial charge in [-0.15, -0.1) is 0 Å². The summed E-state index contributed by atoms with van der Waals surface area (Å²) in [6.07, 6.45) is 0.416. The number of amides is 2. The first-order chi connectivity index (χ1) is 13.2. The number of ketones is 1. The quantitative estimate of drug-likeness (QED) is 0.466. The summed E-state index contributed by atoms with van der Waals surface area (Å²) in [6.45, 7) is 3.35. The van der Waals surface area contributed by atoms with Crippen LogP contribution in [0.2, 0.25) is 0 Å². The highest BCUT2D eigenvalue weighted by molar-refractivity contribution is 6.01. The first-order valence-electron chi connectivity index (χ1n) is 8.70. The van der Waals surface area contributed by atoms with Crippen LogP contribution in [-0.4, -0.2) is 42.2 Å². The van der Waals surface area contributed by atoms with E-state index in [0.29, 0.717) is 29.8 Å². The van der Waals surface area contributed by atoms with Gasteiger partial charge in [-0.25, -0.2) is 4.79 Å². The molecular formula is C20H23N3O5. The molecule has 4 N–H and O–H groups in total. The molecule has 0 fully saturated rings. The number of nitrogens with one attached hydrogen (secondary N) is 2. The van der Waals surface area contributed by atoms with Crippen molar-refractivity contribution in [2.24, 2.45) is 5.73 Å². The molecule has 2 amide bonds. The van der Waals surface area contributed by atoms with E-state index in [4.69, 9.17) is 10.5 Å². The topological polar surface area (TPSA) is 131 Å². The average molecular weight is 385 g/mol. The fourth-order valence-corrected chi connectivity index (χ4v) is 2.97. The predicted molar refractivity (Wildman–Crippen MR) is 102 cm³/mol. The van der Waals surface area contributed by atoms with Crippen molar-refractivity contribution in [2.45, 2.75) is 26.7 Å². The SMILES string of the molecule is COC(=O)c1c(CC(=O)NCCc2cccc(C(N)=O)c2)[nH]c(C(C)=O)c1C. The van der Waals surface area contributed by atoms with Gasteiger partial charge in [0, 0.05) is 24.7 Å². The molecule has 0 aliphatic heterocycles. The number of aromatic amines is 1. The summed E-state index contributed by atoms with van der Waals surface area (Å²) in [5.41, 5.74) is 7.82. The Kier molecular flexibility index (Phi) is 6.70. The molecule has 0 spiro atoms. The van der Waals surface area contributed by atoms with E-state index in [2.05, 4.69) is 10.3 Å². The van der Waals surface area contributed by atoms with Gasteiger partial charge in [0.2, 0.25) is 11.8 Å². The summed E-state index contributed by atoms with van der Waals surface area (Å²) in [5.74, 6) is -1.66. The number of carbonyl (C=O) groups excluding carboxylic acids is 4. The van der Waals surface area contributed by atoms with Gasteiger partial charge in [-0.3, -0.25) is 14.4 Å². The molecule has 1 aromatic heterocycles. The molecule has 0 unspecified atom stereocenters. The van der Waals surface area contributed by atoms with E-state index in [-0.39, 0.29) is 29.4 Å². The number of aromatic nitrogens is 1. The van der Waals surface area contributed by atoms with Crippen LogP contribution in [0.4, 0.5) is 0 Å². The van der Waals surface area contributed by atoms with Crippen molar-refractivity contribution in [3.63, 3.8) is 0 Å². The van der Waals surface area contributed by atoms with Crippen molar-refractivity contribution in [1.82, 2.24) is 10.3 Å². The molecule has 0 aliphatic rings. The Morgan fingerprint density at radius 1 is 1.21 bits per heavy atom. The van der Waals surface area contributed by atoms with Crippen molar-refractivity contribution < 1.29 is 23.9 Å². The number of ether oxygens (including phenoxy) is 1. The van der Waals surface area contributed by atoms with E-state index < -0.39 is 11.9 Å². The van der Waals surface area contributed by atoms with Crippen molar-refractivity contribution >= 4 is 23.6 Å². The Morgan fingerprint density at radius 3 is 2.54 bits per heavy atom. The highest BCUT2D eigenvalue weighted by Gasteiger charge is 2.24. The Hall–Kier alpha value is -3.42. The molecule has 0 bridgehead atoms. The Bertz CT molecular complexity index is 930. The van der Waals surface area contributed by atoms with Crippen molar-refractivity contribution in [3.05, 3.63) is 57.9 Å². The van der Waals surface area contributed by atoms with Crippen LogP contribution in [0.5, 0.6) is 0 Å². The molecule has 0 saturated carbocycles. The number of primary amides is 1. The fraction of sp³-hybridized carbons (Fsp3) is 0.300. The minimum atomic E-state index is -0.604. The molecule has 148 valence electrons. The highest BCUT2D eigenvalue weighted by atomic mass is 16.5. The van der Waals surface area contributed by atoms with Crippen LogP contribution >= 0.6 is 0 Å². The van der Waals surface area contributed by atoms with E-state index >= 15 is 0 Å². The van der Waals surface area contributed by atoms with E-state index in [0.717, 1.165) is 5.56 Å². The average Bonchev–Trinajstić information content (AvgIpc) is 2.97. The Balaban J connectivity index is 2.04. The lowest BCUT2D eigenvalue weighted by Crippen LogP contribution is -2.28. The largest absolute Gasteiger partial charge is 0.465 e. The number of methoxy groups -OCH3 is 1. The summed E-state index contributed by atoms with van der Waals surface area (Å²) in [6, 6.07) is 6.86. The summed E-state index contributed by atoms with van der Waals surface area (Å²) in [7, 11) is 1.24. The molecule has 0 radical (unpaired) electrons. The van der Waals surface area contributed by atoms with Gasteiger partial charge in [-0.1, -0.05) is 12.1 Å². The number of hydrogen-bond acceptors (Lipinski definition) is 5. The lowest BCUT2D eigenvalue weighted by molar-refractivity contribution is -0.120. The molecule has 8 heteroatoms. The summed E-state index contributed by atoms with van der Waals surface area (Å²) >= 11 is 0. The molecule has 1 aromatic carbocycles. The van der Waals surface area contributed by atoms with Crippen LogP contribution in [0, 0.1) is 6.92 Å². The molecule has 8 nitrogen and oxygen atoms in total. The summed E-state index contributed by atoms with van der Waals surface area (Å²) < 4.78 is 4.76. The number of benzene rings is 1. The Morgan fingerprint density at radius 2 is 1.93 bits per heavy atom. The monoisotopic (exact) mass is 385 g/mol. The lowest BCUT2D eigenvalue weighted by atomic mass is 10.1. The number of rotatable bonds is 8. The van der Waals surface area contributed by atoms with Crippen LogP contribution in [0.25, 0.3) is 0 Å². The van der Waals surface area contributed by atoms with Crippen molar-refractivity contribution in [2.75, 3.05) is 13.7 Å². The van der Waals surface area contributed by atoms with Gasteiger partial charge in [-0.05, 0) is 36.6 Å². The van der Waals surface area contributed by atoms with Crippen molar-refractivity contribution in [1.29, 1.82) is 0 Å². The molecule has 28 heavy (non-hydrogen) atoms. The number of nitrogens with two attached hydrogens (primary N) is 1. The minimum Gasteiger partial charge on any atom is -0.465 e. The summed E-state index contributed by atoms with van der Waals surface area (Å²) in [4.78, 5) is 50.1. The molecule has 1 heterocycles. The summed E-state index contributed by atoms with van der Waals surface area (Å²) in [5, 5.41) is 2.76. The second-order valence-corrected chi connectivity index (χ2v) is 6.37. The van der Waals surface area contributed by atoms with Crippen LogP contribution in [-0.2, 0) is 22.4 Å². The number of H-pyrrole nitrogens is 1. The zero-order valence-corrected chi connectivity index (χ0v) is 16.0. The molecule has 0 atom stereocenters. The third kappa shape index (κ3) is 4.85. The van der Waals surface area contributed by atoms with Gasteiger partial charge < -0.3 is 20.8 Å². The highest BCUT2D eigenvalue weighted by Crippen LogP contribution is 2.20. The van der Waals surface area contributed by atoms with Crippen LogP contribution in [0.15, 0.2) is 24.3 Å². The van der Waals surface area contributed by atoms with Crippen LogP contribution < -0.4 is 11.1 Å².